The van der Waals surface area contributed by atoms with E-state index in [4.69, 9.17) is 4.74 Å². The number of para-hydroxylation sites is 1. The molecule has 9 heteroatoms. The van der Waals surface area contributed by atoms with Crippen LogP contribution in [0, 0.1) is 10.1 Å². The molecule has 9 nitrogen and oxygen atoms in total. The van der Waals surface area contributed by atoms with Gasteiger partial charge in [0.2, 0.25) is 5.78 Å². The van der Waals surface area contributed by atoms with E-state index < -0.39 is 4.92 Å². The number of rotatable bonds is 5. The SMILES string of the molecule is CCn1c(=O)c2ccccc2n2c(COc3ccc([N+](=O)[O-])cc3)nnc12. The largest absolute Gasteiger partial charge is 0.486 e. The minimum absolute atomic E-state index is 0.00626. The Balaban J connectivity index is 1.75. The monoisotopic (exact) mass is 365 g/mol. The molecule has 4 aromatic rings. The van der Waals surface area contributed by atoms with Gasteiger partial charge in [0.15, 0.2) is 5.82 Å². The third-order valence-corrected chi connectivity index (χ3v) is 4.31. The second-order valence-electron chi connectivity index (χ2n) is 5.86. The Labute approximate surface area is 152 Å². The minimum atomic E-state index is -0.466. The van der Waals surface area contributed by atoms with Crippen LogP contribution in [-0.4, -0.2) is 24.1 Å². The molecule has 0 unspecified atom stereocenters. The summed E-state index contributed by atoms with van der Waals surface area (Å²) in [7, 11) is 0. The maximum atomic E-state index is 12.6. The second kappa shape index (κ2) is 6.52. The third kappa shape index (κ3) is 2.78. The van der Waals surface area contributed by atoms with Crippen molar-refractivity contribution in [1.29, 1.82) is 0 Å². The van der Waals surface area contributed by atoms with E-state index in [1.54, 1.807) is 15.0 Å². The van der Waals surface area contributed by atoms with Gasteiger partial charge in [-0.1, -0.05) is 12.1 Å². The number of non-ortho nitro benzene ring substituents is 1. The van der Waals surface area contributed by atoms with Crippen LogP contribution < -0.4 is 10.3 Å². The van der Waals surface area contributed by atoms with Crippen LogP contribution in [0.25, 0.3) is 16.7 Å². The molecule has 0 aliphatic rings. The van der Waals surface area contributed by atoms with Crippen molar-refractivity contribution in [2.45, 2.75) is 20.1 Å². The van der Waals surface area contributed by atoms with Gasteiger partial charge >= 0.3 is 0 Å². The number of hydrogen-bond acceptors (Lipinski definition) is 6. The summed E-state index contributed by atoms with van der Waals surface area (Å²) >= 11 is 0. The molecule has 0 atom stereocenters. The first-order chi connectivity index (χ1) is 13.1. The third-order valence-electron chi connectivity index (χ3n) is 4.31. The maximum Gasteiger partial charge on any atom is 0.269 e. The normalized spacial score (nSPS) is 11.1. The molecular formula is C18H15N5O4. The Morgan fingerprint density at radius 2 is 1.85 bits per heavy atom. The van der Waals surface area contributed by atoms with E-state index in [0.717, 1.165) is 0 Å². The van der Waals surface area contributed by atoms with Crippen LogP contribution in [0.4, 0.5) is 5.69 Å². The Kier molecular flexibility index (Phi) is 4.03. The van der Waals surface area contributed by atoms with Crippen LogP contribution in [0.2, 0.25) is 0 Å². The van der Waals surface area contributed by atoms with Crippen LogP contribution in [-0.2, 0) is 13.2 Å². The van der Waals surface area contributed by atoms with Crippen molar-refractivity contribution in [2.24, 2.45) is 0 Å². The summed E-state index contributed by atoms with van der Waals surface area (Å²) in [6.45, 7) is 2.44. The molecule has 0 bridgehead atoms. The average molecular weight is 365 g/mol. The fourth-order valence-corrected chi connectivity index (χ4v) is 3.00. The number of aromatic nitrogens is 4. The summed E-state index contributed by atoms with van der Waals surface area (Å²) < 4.78 is 9.07. The smallest absolute Gasteiger partial charge is 0.269 e. The zero-order chi connectivity index (χ0) is 19.0. The zero-order valence-electron chi connectivity index (χ0n) is 14.4. The van der Waals surface area contributed by atoms with Crippen LogP contribution in [0.15, 0.2) is 53.3 Å². The van der Waals surface area contributed by atoms with Crippen molar-refractivity contribution in [1.82, 2.24) is 19.2 Å². The topological polar surface area (TPSA) is 105 Å². The lowest BCUT2D eigenvalue weighted by Gasteiger charge is -2.10. The van der Waals surface area contributed by atoms with Crippen molar-refractivity contribution in [3.8, 4) is 5.75 Å². The van der Waals surface area contributed by atoms with E-state index in [-0.39, 0.29) is 17.9 Å². The first kappa shape index (κ1) is 16.7. The highest BCUT2D eigenvalue weighted by Gasteiger charge is 2.16. The Morgan fingerprint density at radius 3 is 2.56 bits per heavy atom. The summed E-state index contributed by atoms with van der Waals surface area (Å²) in [6.07, 6.45) is 0. The van der Waals surface area contributed by atoms with E-state index in [2.05, 4.69) is 10.2 Å². The Hall–Kier alpha value is -3.75. The molecule has 0 saturated heterocycles. The number of hydrogen-bond donors (Lipinski definition) is 0. The molecule has 0 saturated carbocycles. The van der Waals surface area contributed by atoms with Crippen molar-refractivity contribution in [3.05, 3.63) is 74.8 Å². The minimum Gasteiger partial charge on any atom is -0.486 e. The van der Waals surface area contributed by atoms with E-state index >= 15 is 0 Å². The number of ether oxygens (including phenoxy) is 1. The highest BCUT2D eigenvalue weighted by Crippen LogP contribution is 2.19. The fourth-order valence-electron chi connectivity index (χ4n) is 3.00. The van der Waals surface area contributed by atoms with E-state index in [1.807, 2.05) is 25.1 Å². The average Bonchev–Trinajstić information content (AvgIpc) is 3.11. The molecule has 0 spiro atoms. The number of benzene rings is 2. The van der Waals surface area contributed by atoms with Gasteiger partial charge < -0.3 is 4.74 Å². The number of nitro benzene ring substituents is 1. The van der Waals surface area contributed by atoms with E-state index in [1.165, 1.54) is 24.3 Å². The second-order valence-corrected chi connectivity index (χ2v) is 5.86. The predicted octanol–water partition coefficient (Wildman–Crippen LogP) is 2.55. The summed E-state index contributed by atoms with van der Waals surface area (Å²) in [4.78, 5) is 22.9. The Morgan fingerprint density at radius 1 is 1.11 bits per heavy atom. The first-order valence-electron chi connectivity index (χ1n) is 8.33. The van der Waals surface area contributed by atoms with Gasteiger partial charge in [-0.15, -0.1) is 10.2 Å². The van der Waals surface area contributed by atoms with Gasteiger partial charge in [-0.3, -0.25) is 23.9 Å². The van der Waals surface area contributed by atoms with E-state index in [0.29, 0.717) is 34.8 Å². The van der Waals surface area contributed by atoms with Crippen molar-refractivity contribution in [3.63, 3.8) is 0 Å². The lowest BCUT2D eigenvalue weighted by atomic mass is 10.2. The fraction of sp³-hybridized carbons (Fsp3) is 0.167. The lowest BCUT2D eigenvalue weighted by Crippen LogP contribution is -2.22. The highest BCUT2D eigenvalue weighted by molar-refractivity contribution is 5.80. The maximum absolute atomic E-state index is 12.6. The molecule has 0 N–H and O–H groups in total. The molecular weight excluding hydrogens is 350 g/mol. The van der Waals surface area contributed by atoms with Gasteiger partial charge in [-0.25, -0.2) is 0 Å². The molecule has 0 amide bonds. The molecule has 0 radical (unpaired) electrons. The van der Waals surface area contributed by atoms with Crippen molar-refractivity contribution < 1.29 is 9.66 Å². The standard InChI is InChI=1S/C18H15N5O4/c1-2-21-17(24)14-5-3-4-6-15(14)22-16(19-20-18(21)22)11-27-13-9-7-12(8-10-13)23(25)26/h3-10H,2,11H2,1H3. The van der Waals surface area contributed by atoms with Gasteiger partial charge in [-0.05, 0) is 31.2 Å². The van der Waals surface area contributed by atoms with E-state index in [9.17, 15) is 14.9 Å². The van der Waals surface area contributed by atoms with Crippen molar-refractivity contribution >= 4 is 22.4 Å². The first-order valence-corrected chi connectivity index (χ1v) is 8.33. The molecule has 0 aliphatic carbocycles. The summed E-state index contributed by atoms with van der Waals surface area (Å²) in [5.41, 5.74) is 0.582. The molecule has 2 heterocycles. The summed E-state index contributed by atoms with van der Waals surface area (Å²) in [5.74, 6) is 1.45. The molecule has 4 rings (SSSR count). The number of aryl methyl sites for hydroxylation is 1. The molecule has 136 valence electrons. The molecule has 0 aliphatic heterocycles. The van der Waals surface area contributed by atoms with Gasteiger partial charge in [0.25, 0.3) is 11.2 Å². The Bertz CT molecular complexity index is 1210. The number of fused-ring (bicyclic) bond motifs is 3. The van der Waals surface area contributed by atoms with Crippen LogP contribution in [0.5, 0.6) is 5.75 Å². The molecule has 0 fully saturated rings. The van der Waals surface area contributed by atoms with Gasteiger partial charge in [0.1, 0.15) is 12.4 Å². The summed E-state index contributed by atoms with van der Waals surface area (Å²) in [6, 6.07) is 13.1. The molecule has 27 heavy (non-hydrogen) atoms. The quantitative estimate of drug-likeness (QED) is 0.398. The predicted molar refractivity (Wildman–Crippen MR) is 97.9 cm³/mol. The van der Waals surface area contributed by atoms with Gasteiger partial charge in [-0.2, -0.15) is 0 Å². The van der Waals surface area contributed by atoms with Gasteiger partial charge in [0.05, 0.1) is 15.8 Å². The van der Waals surface area contributed by atoms with Crippen LogP contribution >= 0.6 is 0 Å². The van der Waals surface area contributed by atoms with Crippen LogP contribution in [0.1, 0.15) is 12.7 Å². The summed E-state index contributed by atoms with van der Waals surface area (Å²) in [5, 5.41) is 19.6. The highest BCUT2D eigenvalue weighted by atomic mass is 16.6. The van der Waals surface area contributed by atoms with Crippen LogP contribution in [0.3, 0.4) is 0 Å². The number of nitro groups is 1. The number of nitrogens with zero attached hydrogens (tertiary/aromatic N) is 5. The lowest BCUT2D eigenvalue weighted by molar-refractivity contribution is -0.384. The van der Waals surface area contributed by atoms with Crippen molar-refractivity contribution in [2.75, 3.05) is 0 Å². The van der Waals surface area contributed by atoms with Gasteiger partial charge in [0, 0.05) is 18.7 Å². The molecule has 2 aromatic heterocycles. The molecule has 2 aromatic carbocycles. The zero-order valence-corrected chi connectivity index (χ0v) is 14.4.